The van der Waals surface area contributed by atoms with Gasteiger partial charge in [0, 0.05) is 17.7 Å². The Morgan fingerprint density at radius 1 is 0.838 bits per heavy atom. The van der Waals surface area contributed by atoms with E-state index >= 15 is 0 Å². The van der Waals surface area contributed by atoms with Crippen molar-refractivity contribution in [2.24, 2.45) is 5.92 Å². The van der Waals surface area contributed by atoms with Gasteiger partial charge in [-0.2, -0.15) is 0 Å². The summed E-state index contributed by atoms with van der Waals surface area (Å²) in [5.74, 6) is 2.59. The second-order valence-electron chi connectivity index (χ2n) is 9.01. The van der Waals surface area contributed by atoms with Crippen LogP contribution in [0.4, 0.5) is 11.4 Å². The third kappa shape index (κ3) is 4.55. The molecule has 8 nitrogen and oxygen atoms in total. The van der Waals surface area contributed by atoms with Crippen molar-refractivity contribution >= 4 is 21.4 Å². The number of benzene rings is 3. The molecule has 2 N–H and O–H groups in total. The number of sulfonamides is 1. The fraction of sp³-hybridized carbons (Fsp3) is 0.286. The highest BCUT2D eigenvalue weighted by molar-refractivity contribution is 7.92. The van der Waals surface area contributed by atoms with E-state index in [2.05, 4.69) is 22.2 Å². The largest absolute Gasteiger partial charge is 0.497 e. The van der Waals surface area contributed by atoms with Crippen molar-refractivity contribution in [3.8, 4) is 23.0 Å². The molecule has 0 radical (unpaired) electrons. The summed E-state index contributed by atoms with van der Waals surface area (Å²) in [5, 5.41) is 3.65. The molecular formula is C28H30N2O6S. The first-order valence-electron chi connectivity index (χ1n) is 11.9. The van der Waals surface area contributed by atoms with E-state index in [1.165, 1.54) is 14.2 Å². The maximum Gasteiger partial charge on any atom is 0.262 e. The summed E-state index contributed by atoms with van der Waals surface area (Å²) in [4.78, 5) is 0.182. The Morgan fingerprint density at radius 3 is 2.32 bits per heavy atom. The molecule has 1 aliphatic heterocycles. The van der Waals surface area contributed by atoms with Crippen LogP contribution in [0.25, 0.3) is 0 Å². The minimum atomic E-state index is -3.88. The van der Waals surface area contributed by atoms with E-state index in [1.807, 2.05) is 24.3 Å². The third-order valence-corrected chi connectivity index (χ3v) is 8.43. The lowest BCUT2D eigenvalue weighted by molar-refractivity contribution is 0.353. The predicted octanol–water partition coefficient (Wildman–Crippen LogP) is 5.35. The number of hydrogen-bond donors (Lipinski definition) is 2. The lowest BCUT2D eigenvalue weighted by atomic mass is 9.77. The third-order valence-electron chi connectivity index (χ3n) is 7.06. The van der Waals surface area contributed by atoms with Crippen LogP contribution >= 0.6 is 0 Å². The number of fused-ring (bicyclic) bond motifs is 3. The average molecular weight is 523 g/mol. The minimum Gasteiger partial charge on any atom is -0.497 e. The van der Waals surface area contributed by atoms with E-state index in [1.54, 1.807) is 44.6 Å². The molecule has 1 heterocycles. The fourth-order valence-corrected chi connectivity index (χ4v) is 6.31. The van der Waals surface area contributed by atoms with E-state index in [9.17, 15) is 8.42 Å². The van der Waals surface area contributed by atoms with Gasteiger partial charge in [0.15, 0.2) is 11.5 Å². The highest BCUT2D eigenvalue weighted by atomic mass is 32.2. The minimum absolute atomic E-state index is 0.0360. The highest BCUT2D eigenvalue weighted by Crippen LogP contribution is 2.51. The van der Waals surface area contributed by atoms with Crippen molar-refractivity contribution in [1.82, 2.24) is 0 Å². The number of nitrogens with one attached hydrogen (secondary N) is 2. The zero-order valence-electron chi connectivity index (χ0n) is 21.1. The quantitative estimate of drug-likeness (QED) is 0.385. The molecule has 5 rings (SSSR count). The van der Waals surface area contributed by atoms with Crippen molar-refractivity contribution in [2.75, 3.05) is 38.5 Å². The highest BCUT2D eigenvalue weighted by Gasteiger charge is 2.38. The number of anilines is 2. The summed E-state index contributed by atoms with van der Waals surface area (Å²) >= 11 is 0. The molecule has 3 aromatic carbocycles. The number of allylic oxidation sites excluding steroid dienone is 2. The summed E-state index contributed by atoms with van der Waals surface area (Å²) in [6.45, 7) is 0. The van der Waals surface area contributed by atoms with Gasteiger partial charge in [0.05, 0.1) is 45.1 Å². The summed E-state index contributed by atoms with van der Waals surface area (Å²) < 4.78 is 51.0. The van der Waals surface area contributed by atoms with Crippen molar-refractivity contribution in [2.45, 2.75) is 23.3 Å². The molecule has 0 bridgehead atoms. The molecule has 0 saturated heterocycles. The summed E-state index contributed by atoms with van der Waals surface area (Å²) in [7, 11) is 2.38. The zero-order chi connectivity index (χ0) is 26.2. The van der Waals surface area contributed by atoms with Gasteiger partial charge in [0.1, 0.15) is 11.5 Å². The van der Waals surface area contributed by atoms with E-state index in [0.29, 0.717) is 28.7 Å². The molecule has 9 heteroatoms. The normalized spacial score (nSPS) is 19.8. The van der Waals surface area contributed by atoms with Gasteiger partial charge >= 0.3 is 0 Å². The van der Waals surface area contributed by atoms with Gasteiger partial charge in [0.25, 0.3) is 10.0 Å². The zero-order valence-corrected chi connectivity index (χ0v) is 22.0. The van der Waals surface area contributed by atoms with Gasteiger partial charge in [-0.1, -0.05) is 18.2 Å². The van der Waals surface area contributed by atoms with Crippen molar-refractivity contribution in [3.05, 3.63) is 77.9 Å². The maximum atomic E-state index is 13.4. The molecular weight excluding hydrogens is 492 g/mol. The van der Waals surface area contributed by atoms with E-state index in [0.717, 1.165) is 23.2 Å². The molecule has 3 aromatic rings. The Kier molecular flexibility index (Phi) is 6.64. The van der Waals surface area contributed by atoms with Gasteiger partial charge in [-0.05, 0) is 65.9 Å². The average Bonchev–Trinajstić information content (AvgIpc) is 3.42. The second-order valence-corrected chi connectivity index (χ2v) is 10.7. The molecule has 0 fully saturated rings. The van der Waals surface area contributed by atoms with Crippen molar-refractivity contribution in [3.63, 3.8) is 0 Å². The predicted molar refractivity (Wildman–Crippen MR) is 143 cm³/mol. The molecule has 2 aliphatic rings. The van der Waals surface area contributed by atoms with Crippen LogP contribution < -0.4 is 29.0 Å². The smallest absolute Gasteiger partial charge is 0.262 e. The van der Waals surface area contributed by atoms with Gasteiger partial charge in [-0.3, -0.25) is 4.72 Å². The second kappa shape index (κ2) is 9.89. The van der Waals surface area contributed by atoms with Gasteiger partial charge < -0.3 is 24.3 Å². The lowest BCUT2D eigenvalue weighted by Gasteiger charge is -2.38. The van der Waals surface area contributed by atoms with E-state index in [-0.39, 0.29) is 22.8 Å². The topological polar surface area (TPSA) is 95.1 Å². The van der Waals surface area contributed by atoms with E-state index < -0.39 is 10.0 Å². The SMILES string of the molecule is COc1ccc(OC)c(NS(=O)(=O)c2ccc3c(c2)[C@H]2C=CC[C@H]2[C@@H](c2ccc(OC)c(OC)c2)N3)c1. The Labute approximate surface area is 217 Å². The summed E-state index contributed by atoms with van der Waals surface area (Å²) in [6, 6.07) is 16.2. The van der Waals surface area contributed by atoms with Crippen LogP contribution in [-0.2, 0) is 10.0 Å². The van der Waals surface area contributed by atoms with Crippen LogP contribution in [0, 0.1) is 5.92 Å². The first-order chi connectivity index (χ1) is 17.9. The van der Waals surface area contributed by atoms with Crippen LogP contribution in [0.2, 0.25) is 0 Å². The number of ether oxygens (including phenoxy) is 4. The molecule has 0 amide bonds. The standard InChI is InChI=1S/C28H30N2O6S/c1-33-18-9-13-25(34-2)24(15-18)30-37(31,32)19-10-11-23-22(16-19)20-6-5-7-21(20)28(29-23)17-8-12-26(35-3)27(14-17)36-4/h5-6,8-16,20-21,28-30H,7H2,1-4H3/t20-,21+,28+/m0/s1. The molecule has 1 aliphatic carbocycles. The molecule has 0 unspecified atom stereocenters. The Balaban J connectivity index is 1.48. The first-order valence-corrected chi connectivity index (χ1v) is 13.4. The molecule has 0 saturated carbocycles. The monoisotopic (exact) mass is 522 g/mol. The molecule has 3 atom stereocenters. The summed E-state index contributed by atoms with van der Waals surface area (Å²) in [6.07, 6.45) is 5.22. The molecule has 37 heavy (non-hydrogen) atoms. The Hall–Kier alpha value is -3.85. The fourth-order valence-electron chi connectivity index (χ4n) is 5.21. The van der Waals surface area contributed by atoms with Gasteiger partial charge in [-0.15, -0.1) is 0 Å². The van der Waals surface area contributed by atoms with Crippen molar-refractivity contribution < 1.29 is 27.4 Å². The number of hydrogen-bond acceptors (Lipinski definition) is 7. The maximum absolute atomic E-state index is 13.4. The van der Waals surface area contributed by atoms with Crippen LogP contribution in [0.3, 0.4) is 0 Å². The first kappa shape index (κ1) is 24.8. The Morgan fingerprint density at radius 2 is 1.59 bits per heavy atom. The van der Waals surface area contributed by atoms with Crippen LogP contribution in [-0.4, -0.2) is 36.9 Å². The van der Waals surface area contributed by atoms with Crippen LogP contribution in [0.15, 0.2) is 71.6 Å². The lowest BCUT2D eigenvalue weighted by Crippen LogP contribution is -2.29. The summed E-state index contributed by atoms with van der Waals surface area (Å²) in [5.41, 5.74) is 3.26. The molecule has 0 spiro atoms. The van der Waals surface area contributed by atoms with Crippen LogP contribution in [0.5, 0.6) is 23.0 Å². The number of methoxy groups -OCH3 is 4. The molecule has 194 valence electrons. The number of rotatable bonds is 8. The molecule has 0 aromatic heterocycles. The van der Waals surface area contributed by atoms with Crippen LogP contribution in [0.1, 0.15) is 29.5 Å². The van der Waals surface area contributed by atoms with Gasteiger partial charge in [-0.25, -0.2) is 8.42 Å². The van der Waals surface area contributed by atoms with E-state index in [4.69, 9.17) is 18.9 Å². The van der Waals surface area contributed by atoms with Gasteiger partial charge in [0.2, 0.25) is 0 Å². The Bertz CT molecular complexity index is 1450. The van der Waals surface area contributed by atoms with Crippen molar-refractivity contribution in [1.29, 1.82) is 0 Å².